The van der Waals surface area contributed by atoms with Gasteiger partial charge in [0, 0.05) is 27.8 Å². The van der Waals surface area contributed by atoms with E-state index < -0.39 is 22.7 Å². The lowest BCUT2D eigenvalue weighted by Gasteiger charge is -2.17. The van der Waals surface area contributed by atoms with Gasteiger partial charge in [-0.1, -0.05) is 6.07 Å². The van der Waals surface area contributed by atoms with Crippen LogP contribution in [0.3, 0.4) is 0 Å². The highest BCUT2D eigenvalue weighted by atomic mass is 32.2. The van der Waals surface area contributed by atoms with Crippen molar-refractivity contribution in [3.8, 4) is 0 Å². The molecule has 6 nitrogen and oxygen atoms in total. The van der Waals surface area contributed by atoms with Gasteiger partial charge in [0.15, 0.2) is 0 Å². The van der Waals surface area contributed by atoms with Crippen LogP contribution < -0.4 is 5.32 Å². The molecule has 0 aliphatic rings. The maximum atomic E-state index is 11.8. The number of carboxylic acids is 1. The van der Waals surface area contributed by atoms with E-state index in [9.17, 15) is 13.8 Å². The Bertz CT molecular complexity index is 537. The van der Waals surface area contributed by atoms with E-state index in [1.807, 2.05) is 20.8 Å². The van der Waals surface area contributed by atoms with Crippen molar-refractivity contribution in [3.63, 3.8) is 0 Å². The van der Waals surface area contributed by atoms with Crippen LogP contribution in [0.25, 0.3) is 0 Å². The number of hydrogen-bond donors (Lipinski definition) is 2. The van der Waals surface area contributed by atoms with Crippen LogP contribution in [0.1, 0.15) is 41.7 Å². The molecule has 110 valence electrons. The summed E-state index contributed by atoms with van der Waals surface area (Å²) in [6, 6.07) is 4.20. The van der Waals surface area contributed by atoms with E-state index in [0.717, 1.165) is 0 Å². The molecule has 2 N–H and O–H groups in total. The molecule has 0 bridgehead atoms. The molecule has 0 aliphatic carbocycles. The molecule has 0 fully saturated rings. The standard InChI is InChI=1S/C13H18N2O4S/c1-13(2,3)20(19)8-7-14-11(16)9-5-4-6-10(15-9)12(17)18/h4-6H,7-8H2,1-3H3,(H,14,16)(H,17,18). The lowest BCUT2D eigenvalue weighted by molar-refractivity contribution is 0.0690. The van der Waals surface area contributed by atoms with E-state index in [-0.39, 0.29) is 22.7 Å². The molecule has 1 unspecified atom stereocenters. The molecule has 0 aliphatic heterocycles. The van der Waals surface area contributed by atoms with Crippen molar-refractivity contribution < 1.29 is 18.9 Å². The topological polar surface area (TPSA) is 96.4 Å². The summed E-state index contributed by atoms with van der Waals surface area (Å²) in [5.41, 5.74) is -0.151. The highest BCUT2D eigenvalue weighted by Gasteiger charge is 2.19. The van der Waals surface area contributed by atoms with Crippen LogP contribution in [0.2, 0.25) is 0 Å². The van der Waals surface area contributed by atoms with Crippen LogP contribution in [0, 0.1) is 0 Å². The molecule has 1 heterocycles. The molecular formula is C13H18N2O4S. The first-order chi connectivity index (χ1) is 9.21. The molecule has 1 atom stereocenters. The van der Waals surface area contributed by atoms with Gasteiger partial charge in [-0.3, -0.25) is 9.00 Å². The van der Waals surface area contributed by atoms with Crippen molar-refractivity contribution >= 4 is 22.7 Å². The zero-order chi connectivity index (χ0) is 15.3. The first kappa shape index (κ1) is 16.3. The molecule has 0 saturated heterocycles. The fraction of sp³-hybridized carbons (Fsp3) is 0.462. The van der Waals surface area contributed by atoms with Crippen molar-refractivity contribution in [1.82, 2.24) is 10.3 Å². The van der Waals surface area contributed by atoms with E-state index in [0.29, 0.717) is 5.75 Å². The maximum absolute atomic E-state index is 11.8. The first-order valence-corrected chi connectivity index (χ1v) is 7.41. The predicted molar refractivity (Wildman–Crippen MR) is 76.3 cm³/mol. The molecule has 20 heavy (non-hydrogen) atoms. The smallest absolute Gasteiger partial charge is 0.354 e. The van der Waals surface area contributed by atoms with E-state index in [2.05, 4.69) is 10.3 Å². The van der Waals surface area contributed by atoms with Crippen molar-refractivity contribution in [1.29, 1.82) is 0 Å². The Hall–Kier alpha value is -1.76. The zero-order valence-electron chi connectivity index (χ0n) is 11.7. The number of nitrogens with zero attached hydrogens (tertiary/aromatic N) is 1. The van der Waals surface area contributed by atoms with Crippen molar-refractivity contribution in [2.24, 2.45) is 0 Å². The summed E-state index contributed by atoms with van der Waals surface area (Å²) in [6.07, 6.45) is 0. The van der Waals surface area contributed by atoms with Gasteiger partial charge in [0.25, 0.3) is 5.91 Å². The Morgan fingerprint density at radius 1 is 1.30 bits per heavy atom. The first-order valence-electron chi connectivity index (χ1n) is 6.09. The Kier molecular flexibility index (Phi) is 5.38. The number of nitrogens with one attached hydrogen (secondary N) is 1. The molecule has 1 rings (SSSR count). The van der Waals surface area contributed by atoms with Gasteiger partial charge in [-0.15, -0.1) is 0 Å². The van der Waals surface area contributed by atoms with E-state index >= 15 is 0 Å². The van der Waals surface area contributed by atoms with Crippen molar-refractivity contribution in [3.05, 3.63) is 29.6 Å². The summed E-state index contributed by atoms with van der Waals surface area (Å²) in [7, 11) is -1.05. The second-order valence-corrected chi connectivity index (χ2v) is 7.46. The molecule has 0 spiro atoms. The molecule has 7 heteroatoms. The number of amides is 1. The van der Waals surface area contributed by atoms with Gasteiger partial charge in [-0.25, -0.2) is 9.78 Å². The second-order valence-electron chi connectivity index (χ2n) is 5.13. The van der Waals surface area contributed by atoms with Crippen LogP contribution in [0.5, 0.6) is 0 Å². The van der Waals surface area contributed by atoms with Gasteiger partial charge in [-0.2, -0.15) is 0 Å². The normalized spacial score (nSPS) is 12.8. The number of hydrogen-bond acceptors (Lipinski definition) is 4. The third-order valence-electron chi connectivity index (χ3n) is 2.46. The zero-order valence-corrected chi connectivity index (χ0v) is 12.5. The minimum atomic E-state index is -1.19. The van der Waals surface area contributed by atoms with Gasteiger partial charge < -0.3 is 10.4 Å². The highest BCUT2D eigenvalue weighted by molar-refractivity contribution is 7.86. The fourth-order valence-corrected chi connectivity index (χ4v) is 2.23. The Morgan fingerprint density at radius 3 is 2.45 bits per heavy atom. The quantitative estimate of drug-likeness (QED) is 0.847. The number of pyridine rings is 1. The van der Waals surface area contributed by atoms with Gasteiger partial charge in [0.1, 0.15) is 11.4 Å². The number of rotatable bonds is 5. The minimum absolute atomic E-state index is 0.0337. The lowest BCUT2D eigenvalue weighted by atomic mass is 10.3. The number of aromatic nitrogens is 1. The van der Waals surface area contributed by atoms with Crippen LogP contribution in [0.4, 0.5) is 0 Å². The Labute approximate surface area is 120 Å². The average Bonchev–Trinajstić information content (AvgIpc) is 2.37. The summed E-state index contributed by atoms with van der Waals surface area (Å²) in [5, 5.41) is 11.4. The SMILES string of the molecule is CC(C)(C)S(=O)CCNC(=O)c1cccc(C(=O)O)n1. The maximum Gasteiger partial charge on any atom is 0.354 e. The summed E-state index contributed by atoms with van der Waals surface area (Å²) in [6.45, 7) is 5.84. The Balaban J connectivity index is 2.58. The predicted octanol–water partition coefficient (Wildman–Crippen LogP) is 1.06. The molecule has 0 radical (unpaired) electrons. The summed E-state index contributed by atoms with van der Waals surface area (Å²) in [4.78, 5) is 26.3. The largest absolute Gasteiger partial charge is 0.477 e. The van der Waals surface area contributed by atoms with Crippen LogP contribution in [-0.4, -0.2) is 43.2 Å². The van der Waals surface area contributed by atoms with Gasteiger partial charge in [-0.05, 0) is 32.9 Å². The van der Waals surface area contributed by atoms with E-state index in [4.69, 9.17) is 5.11 Å². The van der Waals surface area contributed by atoms with Crippen LogP contribution >= 0.6 is 0 Å². The van der Waals surface area contributed by atoms with Crippen molar-refractivity contribution in [2.45, 2.75) is 25.5 Å². The molecular weight excluding hydrogens is 280 g/mol. The van der Waals surface area contributed by atoms with Gasteiger partial charge >= 0.3 is 5.97 Å². The van der Waals surface area contributed by atoms with Crippen molar-refractivity contribution in [2.75, 3.05) is 12.3 Å². The van der Waals surface area contributed by atoms with E-state index in [1.165, 1.54) is 18.2 Å². The average molecular weight is 298 g/mol. The van der Waals surface area contributed by atoms with Crippen LogP contribution in [0.15, 0.2) is 18.2 Å². The molecule has 0 saturated carbocycles. The van der Waals surface area contributed by atoms with Gasteiger partial charge in [0.05, 0.1) is 0 Å². The summed E-state index contributed by atoms with van der Waals surface area (Å²) < 4.78 is 11.5. The monoisotopic (exact) mass is 298 g/mol. The second kappa shape index (κ2) is 6.60. The molecule has 1 aromatic rings. The van der Waals surface area contributed by atoms with Crippen LogP contribution in [-0.2, 0) is 10.8 Å². The summed E-state index contributed by atoms with van der Waals surface area (Å²) >= 11 is 0. The highest BCUT2D eigenvalue weighted by Crippen LogP contribution is 2.10. The number of aromatic carboxylic acids is 1. The fourth-order valence-electron chi connectivity index (χ4n) is 1.33. The third kappa shape index (κ3) is 4.73. The number of carbonyl (C=O) groups is 2. The molecule has 0 aromatic carbocycles. The third-order valence-corrected chi connectivity index (χ3v) is 4.40. The minimum Gasteiger partial charge on any atom is -0.477 e. The molecule has 1 aromatic heterocycles. The van der Waals surface area contributed by atoms with E-state index in [1.54, 1.807) is 0 Å². The number of carboxylic acid groups (broad SMARTS) is 1. The lowest BCUT2D eigenvalue weighted by Crippen LogP contribution is -2.33. The van der Waals surface area contributed by atoms with Gasteiger partial charge in [0.2, 0.25) is 0 Å². The summed E-state index contributed by atoms with van der Waals surface area (Å²) in [5.74, 6) is -1.32. The molecule has 1 amide bonds. The Morgan fingerprint density at radius 2 is 1.90 bits per heavy atom. The number of carbonyl (C=O) groups excluding carboxylic acids is 1.